The Morgan fingerprint density at radius 1 is 1.21 bits per heavy atom. The monoisotopic (exact) mass is 259 g/mol. The highest BCUT2D eigenvalue weighted by molar-refractivity contribution is 5.57. The number of aryl methyl sites for hydroxylation is 1. The minimum absolute atomic E-state index is 0.364. The van der Waals surface area contributed by atoms with E-state index in [9.17, 15) is 5.26 Å². The third kappa shape index (κ3) is 3.64. The summed E-state index contributed by atoms with van der Waals surface area (Å²) in [5, 5.41) is 26.1. The number of rotatable bonds is 6. The summed E-state index contributed by atoms with van der Waals surface area (Å²) in [6.07, 6.45) is 0.364. The molecule has 0 aliphatic heterocycles. The van der Waals surface area contributed by atoms with Crippen LogP contribution in [0.5, 0.6) is 0 Å². The van der Waals surface area contributed by atoms with Crippen molar-refractivity contribution in [2.45, 2.75) is 20.3 Å². The maximum Gasteiger partial charge on any atom is 0.169 e. The molecule has 1 rings (SSSR count). The molecule has 100 valence electrons. The Morgan fingerprint density at radius 3 is 2.53 bits per heavy atom. The molecule has 0 N–H and O–H groups in total. The maximum atomic E-state index is 9.28. The first-order chi connectivity index (χ1) is 9.15. The molecule has 0 unspecified atom stereocenters. The van der Waals surface area contributed by atoms with E-state index in [4.69, 9.17) is 10.00 Å². The molecule has 1 aromatic heterocycles. The van der Waals surface area contributed by atoms with Gasteiger partial charge in [-0.15, -0.1) is 5.10 Å². The van der Waals surface area contributed by atoms with Gasteiger partial charge in [-0.2, -0.15) is 15.6 Å². The lowest BCUT2D eigenvalue weighted by atomic mass is 10.1. The predicted molar refractivity (Wildman–Crippen MR) is 70.5 cm³/mol. The van der Waals surface area contributed by atoms with Gasteiger partial charge in [-0.05, 0) is 19.4 Å². The number of anilines is 1. The van der Waals surface area contributed by atoms with Crippen molar-refractivity contribution < 1.29 is 4.74 Å². The molecule has 6 nitrogen and oxygen atoms in total. The smallest absolute Gasteiger partial charge is 0.169 e. The Kier molecular flexibility index (Phi) is 5.72. The summed E-state index contributed by atoms with van der Waals surface area (Å²) in [5.74, 6) is 0.526. The second kappa shape index (κ2) is 7.30. The molecule has 6 heteroatoms. The largest absolute Gasteiger partial charge is 0.383 e. The molecular weight excluding hydrogens is 242 g/mol. The van der Waals surface area contributed by atoms with Crippen LogP contribution in [0.1, 0.15) is 23.2 Å². The fourth-order valence-electron chi connectivity index (χ4n) is 1.66. The zero-order valence-corrected chi connectivity index (χ0v) is 11.5. The van der Waals surface area contributed by atoms with Crippen LogP contribution in [0.2, 0.25) is 0 Å². The van der Waals surface area contributed by atoms with Crippen LogP contribution in [0.4, 0.5) is 5.82 Å². The van der Waals surface area contributed by atoms with E-state index in [2.05, 4.69) is 22.3 Å². The summed E-state index contributed by atoms with van der Waals surface area (Å²) < 4.78 is 5.05. The number of nitrogens with zero attached hydrogens (tertiary/aromatic N) is 5. The average Bonchev–Trinajstić information content (AvgIpc) is 2.42. The number of hydrogen-bond acceptors (Lipinski definition) is 6. The van der Waals surface area contributed by atoms with Gasteiger partial charge in [-0.1, -0.05) is 0 Å². The third-order valence-electron chi connectivity index (χ3n) is 2.91. The standard InChI is InChI=1S/C13H17N5O/c1-10-11(2)16-17-13(12(10)9-15)18(6-4-5-14)7-8-19-3/h4,6-8H2,1-3H3. The van der Waals surface area contributed by atoms with Crippen molar-refractivity contribution in [3.05, 3.63) is 16.8 Å². The molecule has 0 aliphatic carbocycles. The summed E-state index contributed by atoms with van der Waals surface area (Å²) in [7, 11) is 1.61. The first-order valence-corrected chi connectivity index (χ1v) is 6.00. The maximum absolute atomic E-state index is 9.28. The first kappa shape index (κ1) is 14.9. The number of hydrogen-bond donors (Lipinski definition) is 0. The van der Waals surface area contributed by atoms with E-state index in [1.165, 1.54) is 0 Å². The molecule has 0 radical (unpaired) electrons. The minimum Gasteiger partial charge on any atom is -0.383 e. The van der Waals surface area contributed by atoms with Crippen molar-refractivity contribution >= 4 is 5.82 Å². The summed E-state index contributed by atoms with van der Waals surface area (Å²) in [6.45, 7) is 5.26. The molecule has 0 amide bonds. The Morgan fingerprint density at radius 2 is 1.95 bits per heavy atom. The van der Waals surface area contributed by atoms with Crippen LogP contribution in [0.25, 0.3) is 0 Å². The van der Waals surface area contributed by atoms with Crippen molar-refractivity contribution in [3.8, 4) is 12.1 Å². The number of nitriles is 2. The van der Waals surface area contributed by atoms with E-state index in [0.717, 1.165) is 11.3 Å². The second-order valence-electron chi connectivity index (χ2n) is 4.11. The van der Waals surface area contributed by atoms with E-state index in [1.54, 1.807) is 7.11 Å². The summed E-state index contributed by atoms with van der Waals surface area (Å²) in [5.41, 5.74) is 2.08. The SMILES string of the molecule is COCCN(CCC#N)c1nnc(C)c(C)c1C#N. The van der Waals surface area contributed by atoms with Gasteiger partial charge in [0.2, 0.25) is 0 Å². The zero-order valence-electron chi connectivity index (χ0n) is 11.5. The van der Waals surface area contributed by atoms with Crippen LogP contribution in [-0.2, 0) is 4.74 Å². The Bertz CT molecular complexity index is 515. The molecule has 0 spiro atoms. The van der Waals surface area contributed by atoms with Crippen molar-refractivity contribution in [3.63, 3.8) is 0 Å². The molecule has 0 saturated heterocycles. The van der Waals surface area contributed by atoms with Gasteiger partial charge in [-0.3, -0.25) is 0 Å². The minimum atomic E-state index is 0.364. The highest BCUT2D eigenvalue weighted by Gasteiger charge is 2.16. The lowest BCUT2D eigenvalue weighted by molar-refractivity contribution is 0.205. The van der Waals surface area contributed by atoms with Crippen LogP contribution >= 0.6 is 0 Å². The van der Waals surface area contributed by atoms with E-state index < -0.39 is 0 Å². The highest BCUT2D eigenvalue weighted by atomic mass is 16.5. The summed E-state index contributed by atoms with van der Waals surface area (Å²) in [4.78, 5) is 1.87. The third-order valence-corrected chi connectivity index (χ3v) is 2.91. The van der Waals surface area contributed by atoms with Crippen LogP contribution in [0, 0.1) is 36.5 Å². The second-order valence-corrected chi connectivity index (χ2v) is 4.11. The Balaban J connectivity index is 3.11. The number of aromatic nitrogens is 2. The Hall–Kier alpha value is -2.18. The van der Waals surface area contributed by atoms with E-state index in [1.807, 2.05) is 18.7 Å². The molecule has 0 aromatic carbocycles. The van der Waals surface area contributed by atoms with Gasteiger partial charge in [0.05, 0.1) is 24.8 Å². The molecule has 1 heterocycles. The molecule has 19 heavy (non-hydrogen) atoms. The average molecular weight is 259 g/mol. The van der Waals surface area contributed by atoms with Gasteiger partial charge < -0.3 is 9.64 Å². The predicted octanol–water partition coefficient (Wildman–Crippen LogP) is 1.33. The van der Waals surface area contributed by atoms with Crippen molar-refractivity contribution in [2.75, 3.05) is 31.7 Å². The van der Waals surface area contributed by atoms with E-state index >= 15 is 0 Å². The van der Waals surface area contributed by atoms with Gasteiger partial charge in [0.15, 0.2) is 5.82 Å². The lowest BCUT2D eigenvalue weighted by Crippen LogP contribution is -2.30. The van der Waals surface area contributed by atoms with Crippen molar-refractivity contribution in [2.24, 2.45) is 0 Å². The number of methoxy groups -OCH3 is 1. The van der Waals surface area contributed by atoms with Gasteiger partial charge in [0, 0.05) is 20.2 Å². The van der Waals surface area contributed by atoms with Crippen LogP contribution < -0.4 is 4.90 Å². The van der Waals surface area contributed by atoms with E-state index in [0.29, 0.717) is 37.5 Å². The number of ether oxygens (including phenoxy) is 1. The lowest BCUT2D eigenvalue weighted by Gasteiger charge is -2.23. The van der Waals surface area contributed by atoms with Gasteiger partial charge >= 0.3 is 0 Å². The van der Waals surface area contributed by atoms with Gasteiger partial charge in [0.25, 0.3) is 0 Å². The highest BCUT2D eigenvalue weighted by Crippen LogP contribution is 2.21. The first-order valence-electron chi connectivity index (χ1n) is 6.00. The fraction of sp³-hybridized carbons (Fsp3) is 0.538. The topological polar surface area (TPSA) is 85.8 Å². The molecule has 0 saturated carbocycles. The summed E-state index contributed by atoms with van der Waals surface area (Å²) in [6, 6.07) is 4.26. The fourth-order valence-corrected chi connectivity index (χ4v) is 1.66. The summed E-state index contributed by atoms with van der Waals surface area (Å²) >= 11 is 0. The molecule has 0 atom stereocenters. The van der Waals surface area contributed by atoms with Crippen LogP contribution in [0.3, 0.4) is 0 Å². The Labute approximate surface area is 113 Å². The van der Waals surface area contributed by atoms with Crippen molar-refractivity contribution in [1.29, 1.82) is 10.5 Å². The quantitative estimate of drug-likeness (QED) is 0.766. The van der Waals surface area contributed by atoms with Gasteiger partial charge in [-0.25, -0.2) is 0 Å². The molecule has 0 fully saturated rings. The van der Waals surface area contributed by atoms with Crippen LogP contribution in [-0.4, -0.2) is 37.0 Å². The molecule has 0 aliphatic rings. The van der Waals surface area contributed by atoms with Crippen molar-refractivity contribution in [1.82, 2.24) is 10.2 Å². The molecule has 1 aromatic rings. The molecule has 0 bridgehead atoms. The van der Waals surface area contributed by atoms with E-state index in [-0.39, 0.29) is 0 Å². The molecular formula is C13H17N5O. The van der Waals surface area contributed by atoms with Crippen LogP contribution in [0.15, 0.2) is 0 Å². The zero-order chi connectivity index (χ0) is 14.3. The van der Waals surface area contributed by atoms with Gasteiger partial charge in [0.1, 0.15) is 11.6 Å². The normalized spacial score (nSPS) is 9.74.